The molecule has 0 aromatic heterocycles. The molecule has 92 valence electrons. The zero-order chi connectivity index (χ0) is 11.8. The topological polar surface area (TPSA) is 61.4 Å². The maximum atomic E-state index is 11.6. The highest BCUT2D eigenvalue weighted by Crippen LogP contribution is 2.21. The number of sulfone groups is 1. The summed E-state index contributed by atoms with van der Waals surface area (Å²) >= 11 is 5.26. The molecule has 2 heterocycles. The summed E-state index contributed by atoms with van der Waals surface area (Å²) in [6.45, 7) is 4.33. The van der Waals surface area contributed by atoms with Crippen LogP contribution < -0.4 is 10.6 Å². The van der Waals surface area contributed by atoms with Gasteiger partial charge in [0.05, 0.1) is 17.5 Å². The molecule has 0 saturated carbocycles. The van der Waals surface area contributed by atoms with Gasteiger partial charge >= 0.3 is 0 Å². The molecule has 2 atom stereocenters. The first-order valence-corrected chi connectivity index (χ1v) is 7.75. The molecular weight excluding hydrogens is 246 g/mol. The first kappa shape index (κ1) is 12.1. The van der Waals surface area contributed by atoms with Crippen molar-refractivity contribution >= 4 is 27.2 Å². The highest BCUT2D eigenvalue weighted by atomic mass is 32.2. The number of hydrogen-bond donors (Lipinski definition) is 2. The summed E-state index contributed by atoms with van der Waals surface area (Å²) in [5.41, 5.74) is 0. The largest absolute Gasteiger partial charge is 0.363 e. The van der Waals surface area contributed by atoms with E-state index in [2.05, 4.69) is 10.6 Å². The normalized spacial score (nSPS) is 32.2. The van der Waals surface area contributed by atoms with Gasteiger partial charge in [0, 0.05) is 25.7 Å². The molecular formula is C9H17N3O2S2. The van der Waals surface area contributed by atoms with Crippen molar-refractivity contribution in [3.8, 4) is 0 Å². The highest BCUT2D eigenvalue weighted by molar-refractivity contribution is 7.91. The van der Waals surface area contributed by atoms with Crippen LogP contribution in [0.25, 0.3) is 0 Å². The Morgan fingerprint density at radius 3 is 3.00 bits per heavy atom. The minimum Gasteiger partial charge on any atom is -0.363 e. The second-order valence-corrected chi connectivity index (χ2v) is 6.77. The van der Waals surface area contributed by atoms with Crippen LogP contribution in [0.3, 0.4) is 0 Å². The minimum absolute atomic E-state index is 0.00491. The van der Waals surface area contributed by atoms with E-state index in [0.29, 0.717) is 5.11 Å². The summed E-state index contributed by atoms with van der Waals surface area (Å²) in [6.07, 6.45) is 0. The summed E-state index contributed by atoms with van der Waals surface area (Å²) in [5.74, 6) is 0.457. The Morgan fingerprint density at radius 2 is 2.31 bits per heavy atom. The van der Waals surface area contributed by atoms with Crippen LogP contribution in [0.5, 0.6) is 0 Å². The van der Waals surface area contributed by atoms with Crippen LogP contribution in [0.1, 0.15) is 6.92 Å². The molecule has 16 heavy (non-hydrogen) atoms. The summed E-state index contributed by atoms with van der Waals surface area (Å²) in [4.78, 5) is 2.02. The van der Waals surface area contributed by atoms with E-state index in [1.807, 2.05) is 11.8 Å². The number of nitrogens with zero attached hydrogens (tertiary/aromatic N) is 1. The average molecular weight is 263 g/mol. The van der Waals surface area contributed by atoms with Gasteiger partial charge in [0.15, 0.2) is 14.9 Å². The second-order valence-electron chi connectivity index (χ2n) is 4.23. The minimum atomic E-state index is -2.90. The van der Waals surface area contributed by atoms with Gasteiger partial charge in [-0.25, -0.2) is 8.42 Å². The maximum absolute atomic E-state index is 11.6. The maximum Gasteiger partial charge on any atom is 0.169 e. The molecule has 2 rings (SSSR count). The lowest BCUT2D eigenvalue weighted by Crippen LogP contribution is -2.60. The van der Waals surface area contributed by atoms with Crippen LogP contribution in [0.2, 0.25) is 0 Å². The number of fused-ring (bicyclic) bond motifs is 1. The average Bonchev–Trinajstić information content (AvgIpc) is 2.51. The van der Waals surface area contributed by atoms with Gasteiger partial charge in [0.2, 0.25) is 0 Å². The Kier molecular flexibility index (Phi) is 3.37. The first-order chi connectivity index (χ1) is 7.53. The molecule has 7 heteroatoms. The van der Waals surface area contributed by atoms with Crippen molar-refractivity contribution in [2.75, 3.05) is 31.1 Å². The highest BCUT2D eigenvalue weighted by Gasteiger charge is 2.43. The molecule has 2 fully saturated rings. The third-order valence-corrected chi connectivity index (χ3v) is 5.17. The quantitative estimate of drug-likeness (QED) is 0.589. The summed E-state index contributed by atoms with van der Waals surface area (Å²) in [6, 6.07) is 0.0423. The fourth-order valence-electron chi connectivity index (χ4n) is 2.37. The first-order valence-electron chi connectivity index (χ1n) is 5.52. The summed E-state index contributed by atoms with van der Waals surface area (Å²) < 4.78 is 23.2. The Balaban J connectivity index is 2.13. The van der Waals surface area contributed by atoms with Gasteiger partial charge in [-0.2, -0.15) is 0 Å². The third kappa shape index (κ3) is 2.31. The third-order valence-electron chi connectivity index (χ3n) is 3.07. The number of rotatable bonds is 1. The molecule has 5 nitrogen and oxygen atoms in total. The van der Waals surface area contributed by atoms with Gasteiger partial charge in [-0.15, -0.1) is 0 Å². The Hall–Kier alpha value is -0.400. The predicted octanol–water partition coefficient (Wildman–Crippen LogP) is -1.05. The zero-order valence-electron chi connectivity index (χ0n) is 9.27. The molecule has 0 aliphatic carbocycles. The van der Waals surface area contributed by atoms with Crippen molar-refractivity contribution in [3.63, 3.8) is 0 Å². The van der Waals surface area contributed by atoms with Crippen molar-refractivity contribution in [1.82, 2.24) is 15.5 Å². The standard InChI is InChI=1S/C9H17N3O2S2/c1-2-10-9(15)12-4-3-11-7-5-16(13,14)6-8(7)12/h7-8,11H,2-6H2,1H3,(H,10,15)/t7-,8+/m0/s1. The molecule has 0 amide bonds. The molecule has 0 aromatic rings. The van der Waals surface area contributed by atoms with Crippen LogP contribution in [0.4, 0.5) is 0 Å². The van der Waals surface area contributed by atoms with E-state index in [0.717, 1.165) is 19.6 Å². The predicted molar refractivity (Wildman–Crippen MR) is 67.2 cm³/mol. The van der Waals surface area contributed by atoms with E-state index in [1.54, 1.807) is 0 Å². The molecule has 0 radical (unpaired) electrons. The van der Waals surface area contributed by atoms with Crippen molar-refractivity contribution in [2.24, 2.45) is 0 Å². The van der Waals surface area contributed by atoms with Crippen molar-refractivity contribution in [1.29, 1.82) is 0 Å². The second kappa shape index (κ2) is 4.46. The number of piperazine rings is 1. The van der Waals surface area contributed by atoms with Crippen LogP contribution >= 0.6 is 12.2 Å². The van der Waals surface area contributed by atoms with E-state index in [1.165, 1.54) is 0 Å². The fraction of sp³-hybridized carbons (Fsp3) is 0.889. The van der Waals surface area contributed by atoms with Gasteiger partial charge in [-0.05, 0) is 19.1 Å². The van der Waals surface area contributed by atoms with E-state index in [9.17, 15) is 8.42 Å². The number of hydrogen-bond acceptors (Lipinski definition) is 4. The number of nitrogens with one attached hydrogen (secondary N) is 2. The lowest BCUT2D eigenvalue weighted by molar-refractivity contribution is 0.234. The summed E-state index contributed by atoms with van der Waals surface area (Å²) in [7, 11) is -2.90. The van der Waals surface area contributed by atoms with Crippen molar-refractivity contribution < 1.29 is 8.42 Å². The fourth-order valence-corrected chi connectivity index (χ4v) is 4.70. The molecule has 0 aromatic carbocycles. The van der Waals surface area contributed by atoms with Crippen molar-refractivity contribution in [3.05, 3.63) is 0 Å². The van der Waals surface area contributed by atoms with E-state index in [-0.39, 0.29) is 23.6 Å². The van der Waals surface area contributed by atoms with Crippen molar-refractivity contribution in [2.45, 2.75) is 19.0 Å². The van der Waals surface area contributed by atoms with Crippen LogP contribution in [-0.4, -0.2) is 61.7 Å². The lowest BCUT2D eigenvalue weighted by atomic mass is 10.1. The molecule has 0 unspecified atom stereocenters. The monoisotopic (exact) mass is 263 g/mol. The Labute approximate surface area is 101 Å². The Morgan fingerprint density at radius 1 is 1.56 bits per heavy atom. The molecule has 2 N–H and O–H groups in total. The lowest BCUT2D eigenvalue weighted by Gasteiger charge is -2.39. The summed E-state index contributed by atoms with van der Waals surface area (Å²) in [5, 5.41) is 7.02. The number of thiocarbonyl (C=S) groups is 1. The molecule has 0 bridgehead atoms. The van der Waals surface area contributed by atoms with Gasteiger partial charge in [0.25, 0.3) is 0 Å². The molecule has 2 saturated heterocycles. The van der Waals surface area contributed by atoms with Gasteiger partial charge in [-0.1, -0.05) is 0 Å². The molecule has 2 aliphatic heterocycles. The van der Waals surface area contributed by atoms with Gasteiger partial charge in [-0.3, -0.25) is 0 Å². The Bertz CT molecular complexity index is 382. The van der Waals surface area contributed by atoms with Crippen LogP contribution in [-0.2, 0) is 9.84 Å². The molecule has 0 spiro atoms. The molecule has 2 aliphatic rings. The smallest absolute Gasteiger partial charge is 0.169 e. The van der Waals surface area contributed by atoms with Gasteiger partial charge in [0.1, 0.15) is 0 Å². The zero-order valence-corrected chi connectivity index (χ0v) is 10.9. The van der Waals surface area contributed by atoms with E-state index in [4.69, 9.17) is 12.2 Å². The van der Waals surface area contributed by atoms with Crippen LogP contribution in [0.15, 0.2) is 0 Å². The SMILES string of the molecule is CCNC(=S)N1CCN[C@H]2CS(=O)(=O)C[C@H]21. The van der Waals surface area contributed by atoms with Gasteiger partial charge < -0.3 is 15.5 Å². The van der Waals surface area contributed by atoms with E-state index >= 15 is 0 Å². The van der Waals surface area contributed by atoms with Crippen LogP contribution in [0, 0.1) is 0 Å². The van der Waals surface area contributed by atoms with E-state index < -0.39 is 9.84 Å².